The van der Waals surface area contributed by atoms with E-state index in [0.717, 1.165) is 16.3 Å². The van der Waals surface area contributed by atoms with Gasteiger partial charge in [0, 0.05) is 47.6 Å². The van der Waals surface area contributed by atoms with Crippen molar-refractivity contribution in [2.24, 2.45) is 5.92 Å². The molecule has 1 N–H and O–H groups in total. The molecule has 4 heterocycles. The number of halogens is 1. The Morgan fingerprint density at radius 1 is 1.27 bits per heavy atom. The number of anilines is 2. The van der Waals surface area contributed by atoms with Gasteiger partial charge in [-0.15, -0.1) is 0 Å². The Morgan fingerprint density at radius 3 is 2.79 bits per heavy atom. The van der Waals surface area contributed by atoms with Crippen LogP contribution in [0.3, 0.4) is 0 Å². The van der Waals surface area contributed by atoms with Crippen molar-refractivity contribution in [2.45, 2.75) is 26.3 Å². The zero-order valence-corrected chi connectivity index (χ0v) is 19.3. The van der Waals surface area contributed by atoms with E-state index < -0.39 is 11.8 Å². The minimum atomic E-state index is -0.391. The lowest BCUT2D eigenvalue weighted by atomic mass is 10.1. The number of carbonyl (C=O) groups excluding carboxylic acids is 3. The number of nitrogens with zero attached hydrogens (tertiary/aromatic N) is 4. The van der Waals surface area contributed by atoms with Gasteiger partial charge >= 0.3 is 0 Å². The van der Waals surface area contributed by atoms with Gasteiger partial charge in [-0.05, 0) is 31.2 Å². The molecular weight excluding hydrogens is 466 g/mol. The molecule has 0 bridgehead atoms. The van der Waals surface area contributed by atoms with Crippen LogP contribution in [0.2, 0.25) is 5.02 Å². The Labute approximate surface area is 198 Å². The molecule has 2 aliphatic heterocycles. The summed E-state index contributed by atoms with van der Waals surface area (Å²) in [5, 5.41) is 7.51. The lowest BCUT2D eigenvalue weighted by Gasteiger charge is -2.28. The van der Waals surface area contributed by atoms with Crippen molar-refractivity contribution < 1.29 is 18.9 Å². The van der Waals surface area contributed by atoms with Crippen molar-refractivity contribution in [2.75, 3.05) is 23.3 Å². The van der Waals surface area contributed by atoms with Crippen molar-refractivity contribution >= 4 is 51.5 Å². The summed E-state index contributed by atoms with van der Waals surface area (Å²) in [6.45, 7) is 3.00. The first-order chi connectivity index (χ1) is 15.9. The number of rotatable bonds is 4. The molecule has 0 saturated carbocycles. The van der Waals surface area contributed by atoms with Gasteiger partial charge < -0.3 is 14.3 Å². The number of hydrogen-bond donors (Lipinski definition) is 1. The van der Waals surface area contributed by atoms with E-state index >= 15 is 0 Å². The van der Waals surface area contributed by atoms with Crippen LogP contribution in [0.25, 0.3) is 0 Å². The summed E-state index contributed by atoms with van der Waals surface area (Å²) < 4.78 is 4.94. The fourth-order valence-corrected chi connectivity index (χ4v) is 5.22. The number of thiazole rings is 1. The normalized spacial score (nSPS) is 17.9. The topological polar surface area (TPSA) is 109 Å². The molecule has 9 nitrogen and oxygen atoms in total. The smallest absolute Gasteiger partial charge is 0.279 e. The summed E-state index contributed by atoms with van der Waals surface area (Å²) in [5.41, 5.74) is 1.81. The Bertz CT molecular complexity index is 1240. The highest BCUT2D eigenvalue weighted by Gasteiger charge is 2.38. The minimum Gasteiger partial charge on any atom is -0.361 e. The first kappa shape index (κ1) is 21.6. The number of aryl methyl sites for hydroxylation is 1. The third-order valence-corrected chi connectivity index (χ3v) is 6.99. The number of carbonyl (C=O) groups is 3. The summed E-state index contributed by atoms with van der Waals surface area (Å²) >= 11 is 7.28. The summed E-state index contributed by atoms with van der Waals surface area (Å²) in [6, 6.07) is 8.59. The van der Waals surface area contributed by atoms with E-state index in [1.54, 1.807) is 47.1 Å². The molecule has 33 heavy (non-hydrogen) atoms. The highest BCUT2D eigenvalue weighted by atomic mass is 35.5. The number of amides is 3. The molecule has 1 fully saturated rings. The molecular formula is C22H20ClN5O4S. The maximum Gasteiger partial charge on any atom is 0.279 e. The second kappa shape index (κ2) is 8.60. The van der Waals surface area contributed by atoms with Crippen molar-refractivity contribution in [3.8, 4) is 0 Å². The second-order valence-corrected chi connectivity index (χ2v) is 9.58. The van der Waals surface area contributed by atoms with Gasteiger partial charge in [0.05, 0.1) is 18.2 Å². The van der Waals surface area contributed by atoms with Gasteiger partial charge in [-0.2, -0.15) is 0 Å². The average molecular weight is 486 g/mol. The summed E-state index contributed by atoms with van der Waals surface area (Å²) in [6.07, 6.45) is 0.782. The largest absolute Gasteiger partial charge is 0.361 e. The van der Waals surface area contributed by atoms with Gasteiger partial charge in [0.1, 0.15) is 5.76 Å². The first-order valence-corrected chi connectivity index (χ1v) is 11.6. The maximum atomic E-state index is 13.2. The van der Waals surface area contributed by atoms with Crippen molar-refractivity contribution in [1.29, 1.82) is 0 Å². The fourth-order valence-electron chi connectivity index (χ4n) is 4.07. The molecule has 170 valence electrons. The summed E-state index contributed by atoms with van der Waals surface area (Å²) in [4.78, 5) is 46.9. The zero-order chi connectivity index (χ0) is 23.1. The van der Waals surface area contributed by atoms with E-state index in [1.807, 2.05) is 0 Å². The van der Waals surface area contributed by atoms with Crippen LogP contribution in [0, 0.1) is 12.8 Å². The zero-order valence-electron chi connectivity index (χ0n) is 17.7. The van der Waals surface area contributed by atoms with Crippen LogP contribution < -0.4 is 10.2 Å². The second-order valence-electron chi connectivity index (χ2n) is 8.06. The molecule has 11 heteroatoms. The SMILES string of the molecule is Cc1cc(C(=O)Nc2nc3c(s2)CN(C(=O)[C@@H]2CC(=O)N(c4ccc(Cl)cc4)C2)CC3)no1. The first-order valence-electron chi connectivity index (χ1n) is 10.5. The number of hydrogen-bond acceptors (Lipinski definition) is 7. The Balaban J connectivity index is 1.23. The van der Waals surface area contributed by atoms with Crippen LogP contribution in [-0.4, -0.2) is 45.9 Å². The molecule has 2 aromatic heterocycles. The summed E-state index contributed by atoms with van der Waals surface area (Å²) in [7, 11) is 0. The third kappa shape index (κ3) is 4.36. The number of nitrogens with one attached hydrogen (secondary N) is 1. The van der Waals surface area contributed by atoms with Crippen LogP contribution >= 0.6 is 22.9 Å². The lowest BCUT2D eigenvalue weighted by molar-refractivity contribution is -0.136. The van der Waals surface area contributed by atoms with E-state index in [0.29, 0.717) is 42.0 Å². The Morgan fingerprint density at radius 2 is 2.06 bits per heavy atom. The molecule has 0 spiro atoms. The molecule has 5 rings (SSSR count). The van der Waals surface area contributed by atoms with Gasteiger partial charge in [-0.25, -0.2) is 4.98 Å². The van der Waals surface area contributed by atoms with Gasteiger partial charge in [0.25, 0.3) is 5.91 Å². The van der Waals surface area contributed by atoms with E-state index in [4.69, 9.17) is 16.1 Å². The number of aromatic nitrogens is 2. The van der Waals surface area contributed by atoms with Gasteiger partial charge in [-0.3, -0.25) is 19.7 Å². The standard InChI is InChI=1S/C22H20ClN5O4S/c1-12-8-17(26-32-12)20(30)25-22-24-16-6-7-27(11-18(16)33-22)21(31)13-9-19(29)28(10-13)15-4-2-14(23)3-5-15/h2-5,8,13H,6-7,9-11H2,1H3,(H,24,25,30)/t13-/m1/s1. The van der Waals surface area contributed by atoms with Crippen LogP contribution in [0.4, 0.5) is 10.8 Å². The molecule has 0 radical (unpaired) electrons. The molecule has 1 aromatic carbocycles. The van der Waals surface area contributed by atoms with E-state index in [1.165, 1.54) is 11.3 Å². The highest BCUT2D eigenvalue weighted by Crippen LogP contribution is 2.32. The predicted octanol–water partition coefficient (Wildman–Crippen LogP) is 3.28. The quantitative estimate of drug-likeness (QED) is 0.607. The molecule has 0 aliphatic carbocycles. The van der Waals surface area contributed by atoms with Crippen LogP contribution in [0.15, 0.2) is 34.9 Å². The predicted molar refractivity (Wildman–Crippen MR) is 122 cm³/mol. The molecule has 3 aromatic rings. The molecule has 3 amide bonds. The average Bonchev–Trinajstić information content (AvgIpc) is 3.51. The summed E-state index contributed by atoms with van der Waals surface area (Å²) in [5.74, 6) is -0.343. The van der Waals surface area contributed by atoms with Crippen LogP contribution in [0.1, 0.15) is 33.2 Å². The fraction of sp³-hybridized carbons (Fsp3) is 0.318. The van der Waals surface area contributed by atoms with Crippen molar-refractivity contribution in [1.82, 2.24) is 15.0 Å². The van der Waals surface area contributed by atoms with Gasteiger partial charge in [0.15, 0.2) is 10.8 Å². The minimum absolute atomic E-state index is 0.0393. The highest BCUT2D eigenvalue weighted by molar-refractivity contribution is 7.15. The number of benzene rings is 1. The maximum absolute atomic E-state index is 13.2. The van der Waals surface area contributed by atoms with Gasteiger partial charge in [-0.1, -0.05) is 28.1 Å². The molecule has 0 unspecified atom stereocenters. The third-order valence-electron chi connectivity index (χ3n) is 5.74. The van der Waals surface area contributed by atoms with Crippen LogP contribution in [-0.2, 0) is 22.6 Å². The molecule has 2 aliphatic rings. The monoisotopic (exact) mass is 485 g/mol. The molecule has 1 atom stereocenters. The molecule has 1 saturated heterocycles. The Hall–Kier alpha value is -3.24. The van der Waals surface area contributed by atoms with E-state index in [9.17, 15) is 14.4 Å². The Kier molecular flexibility index (Phi) is 5.63. The van der Waals surface area contributed by atoms with Gasteiger partial charge in [0.2, 0.25) is 11.8 Å². The lowest BCUT2D eigenvalue weighted by Crippen LogP contribution is -2.40. The van der Waals surface area contributed by atoms with E-state index in [2.05, 4.69) is 15.5 Å². The van der Waals surface area contributed by atoms with Crippen LogP contribution in [0.5, 0.6) is 0 Å². The van der Waals surface area contributed by atoms with Crippen molar-refractivity contribution in [3.63, 3.8) is 0 Å². The number of fused-ring (bicyclic) bond motifs is 1. The van der Waals surface area contributed by atoms with E-state index in [-0.39, 0.29) is 23.9 Å². The van der Waals surface area contributed by atoms with Crippen molar-refractivity contribution in [3.05, 3.63) is 57.4 Å².